The Bertz CT molecular complexity index is 973. The number of unbranched alkanes of at least 4 members (excludes halogenated alkanes) is 33. The van der Waals surface area contributed by atoms with Crippen molar-refractivity contribution in [2.45, 2.75) is 290 Å². The standard InChI is InChI=1S/C54H100O6/c1-4-7-10-13-16-19-21-23-25-26-27-28-29-31-32-35-38-41-44-47-53(56)59-50-51(49-58-52(55)46-43-40-37-34-18-15-12-9-6-3)60-54(57)48-45-42-39-36-33-30-24-22-20-17-14-11-8-5-2/h8,11,17,20,51H,4-7,9-10,12-16,18-19,21-50H2,1-3H3/b11-8-,20-17-. The van der Waals surface area contributed by atoms with E-state index >= 15 is 0 Å². The van der Waals surface area contributed by atoms with Gasteiger partial charge in [0.2, 0.25) is 0 Å². The molecule has 0 aromatic heterocycles. The van der Waals surface area contributed by atoms with E-state index in [9.17, 15) is 14.4 Å². The van der Waals surface area contributed by atoms with E-state index in [2.05, 4.69) is 45.1 Å². The average molecular weight is 845 g/mol. The van der Waals surface area contributed by atoms with Crippen LogP contribution >= 0.6 is 0 Å². The van der Waals surface area contributed by atoms with Gasteiger partial charge in [-0.15, -0.1) is 0 Å². The Hall–Kier alpha value is -2.11. The van der Waals surface area contributed by atoms with Gasteiger partial charge in [0.15, 0.2) is 6.10 Å². The third kappa shape index (κ3) is 46.9. The maximum absolute atomic E-state index is 12.8. The van der Waals surface area contributed by atoms with E-state index < -0.39 is 6.10 Å². The van der Waals surface area contributed by atoms with Crippen molar-refractivity contribution in [1.29, 1.82) is 0 Å². The molecule has 1 atom stereocenters. The molecule has 0 radical (unpaired) electrons. The van der Waals surface area contributed by atoms with Crippen LogP contribution in [0, 0.1) is 0 Å². The van der Waals surface area contributed by atoms with Crippen LogP contribution in [0.25, 0.3) is 0 Å². The van der Waals surface area contributed by atoms with Crippen LogP contribution in [0.2, 0.25) is 0 Å². The molecule has 1 unspecified atom stereocenters. The predicted molar refractivity (Wildman–Crippen MR) is 256 cm³/mol. The summed E-state index contributed by atoms with van der Waals surface area (Å²) in [6, 6.07) is 0. The van der Waals surface area contributed by atoms with Gasteiger partial charge in [-0.05, 0) is 44.9 Å². The fourth-order valence-electron chi connectivity index (χ4n) is 7.78. The van der Waals surface area contributed by atoms with Crippen LogP contribution < -0.4 is 0 Å². The minimum Gasteiger partial charge on any atom is -0.462 e. The van der Waals surface area contributed by atoms with Gasteiger partial charge < -0.3 is 14.2 Å². The van der Waals surface area contributed by atoms with Crippen molar-refractivity contribution < 1.29 is 28.6 Å². The lowest BCUT2D eigenvalue weighted by Gasteiger charge is -2.18. The average Bonchev–Trinajstić information content (AvgIpc) is 3.24. The highest BCUT2D eigenvalue weighted by Gasteiger charge is 2.19. The van der Waals surface area contributed by atoms with E-state index in [0.29, 0.717) is 19.3 Å². The van der Waals surface area contributed by atoms with Crippen molar-refractivity contribution in [1.82, 2.24) is 0 Å². The largest absolute Gasteiger partial charge is 0.462 e. The van der Waals surface area contributed by atoms with E-state index in [1.807, 2.05) is 0 Å². The van der Waals surface area contributed by atoms with Gasteiger partial charge in [-0.3, -0.25) is 14.4 Å². The predicted octanol–water partition coefficient (Wildman–Crippen LogP) is 17.2. The summed E-state index contributed by atoms with van der Waals surface area (Å²) in [7, 11) is 0. The molecule has 0 rings (SSSR count). The van der Waals surface area contributed by atoms with Crippen LogP contribution in [0.3, 0.4) is 0 Å². The highest BCUT2D eigenvalue weighted by molar-refractivity contribution is 5.71. The molecule has 0 spiro atoms. The third-order valence-corrected chi connectivity index (χ3v) is 11.7. The van der Waals surface area contributed by atoms with E-state index in [0.717, 1.165) is 77.0 Å². The van der Waals surface area contributed by atoms with Gasteiger partial charge in [0, 0.05) is 19.3 Å². The van der Waals surface area contributed by atoms with Gasteiger partial charge in [0.05, 0.1) is 0 Å². The van der Waals surface area contributed by atoms with E-state index in [4.69, 9.17) is 14.2 Å². The van der Waals surface area contributed by atoms with Crippen molar-refractivity contribution in [3.05, 3.63) is 24.3 Å². The molecule has 0 fully saturated rings. The van der Waals surface area contributed by atoms with E-state index in [-0.39, 0.29) is 31.1 Å². The molecule has 0 aromatic carbocycles. The Labute approximate surface area is 373 Å². The summed E-state index contributed by atoms with van der Waals surface area (Å²) in [5.74, 6) is -0.867. The summed E-state index contributed by atoms with van der Waals surface area (Å²) in [5.41, 5.74) is 0. The molecule has 0 aromatic rings. The Morgan fingerprint density at radius 2 is 0.650 bits per heavy atom. The van der Waals surface area contributed by atoms with Gasteiger partial charge in [0.25, 0.3) is 0 Å². The highest BCUT2D eigenvalue weighted by Crippen LogP contribution is 2.16. The summed E-state index contributed by atoms with van der Waals surface area (Å²) in [4.78, 5) is 37.9. The van der Waals surface area contributed by atoms with Crippen LogP contribution in [0.1, 0.15) is 284 Å². The molecule has 0 N–H and O–H groups in total. The number of allylic oxidation sites excluding steroid dienone is 4. The Balaban J connectivity index is 4.24. The lowest BCUT2D eigenvalue weighted by molar-refractivity contribution is -0.167. The first-order valence-electron chi connectivity index (χ1n) is 26.3. The number of carbonyl (C=O) groups excluding carboxylic acids is 3. The fraction of sp³-hybridized carbons (Fsp3) is 0.870. The van der Waals surface area contributed by atoms with Crippen molar-refractivity contribution >= 4 is 17.9 Å². The highest BCUT2D eigenvalue weighted by atomic mass is 16.6. The molecule has 0 aliphatic heterocycles. The molecule has 60 heavy (non-hydrogen) atoms. The fourth-order valence-corrected chi connectivity index (χ4v) is 7.78. The summed E-state index contributed by atoms with van der Waals surface area (Å²) in [6.07, 6.45) is 56.0. The first-order valence-corrected chi connectivity index (χ1v) is 26.3. The second kappa shape index (κ2) is 49.5. The maximum atomic E-state index is 12.8. The van der Waals surface area contributed by atoms with E-state index in [1.54, 1.807) is 0 Å². The number of carbonyl (C=O) groups is 3. The summed E-state index contributed by atoms with van der Waals surface area (Å²) >= 11 is 0. The topological polar surface area (TPSA) is 78.9 Å². The second-order valence-electron chi connectivity index (χ2n) is 17.8. The molecular formula is C54H100O6. The molecule has 0 bridgehead atoms. The Kier molecular flexibility index (Phi) is 47.8. The van der Waals surface area contributed by atoms with Gasteiger partial charge in [-0.2, -0.15) is 0 Å². The zero-order valence-electron chi connectivity index (χ0n) is 40.2. The number of ether oxygens (including phenoxy) is 3. The minimum atomic E-state index is -0.768. The number of hydrogen-bond donors (Lipinski definition) is 0. The molecule has 6 nitrogen and oxygen atoms in total. The minimum absolute atomic E-state index is 0.0698. The van der Waals surface area contributed by atoms with Crippen LogP contribution in [-0.2, 0) is 28.6 Å². The molecule has 0 amide bonds. The summed E-state index contributed by atoms with van der Waals surface area (Å²) in [5, 5.41) is 0. The van der Waals surface area contributed by atoms with Crippen molar-refractivity contribution in [2.75, 3.05) is 13.2 Å². The zero-order chi connectivity index (χ0) is 43.7. The Morgan fingerprint density at radius 1 is 0.350 bits per heavy atom. The zero-order valence-corrected chi connectivity index (χ0v) is 40.2. The van der Waals surface area contributed by atoms with Crippen molar-refractivity contribution in [3.8, 4) is 0 Å². The van der Waals surface area contributed by atoms with Gasteiger partial charge >= 0.3 is 17.9 Å². The van der Waals surface area contributed by atoms with Crippen LogP contribution in [-0.4, -0.2) is 37.2 Å². The maximum Gasteiger partial charge on any atom is 0.306 e. The van der Waals surface area contributed by atoms with Gasteiger partial charge in [0.1, 0.15) is 13.2 Å². The normalized spacial score (nSPS) is 12.1. The quantitative estimate of drug-likeness (QED) is 0.0263. The molecule has 0 heterocycles. The van der Waals surface area contributed by atoms with Gasteiger partial charge in [-0.1, -0.05) is 244 Å². The van der Waals surface area contributed by atoms with Gasteiger partial charge in [-0.25, -0.2) is 0 Å². The first-order chi connectivity index (χ1) is 29.5. The SMILES string of the molecule is CC/C=C\C/C=C\CCCCCCCCCC(=O)OC(COC(=O)CCCCCCCCCCC)COC(=O)CCCCCCCCCCCCCCCCCCCCC. The Morgan fingerprint density at radius 3 is 1.00 bits per heavy atom. The van der Waals surface area contributed by atoms with E-state index in [1.165, 1.54) is 167 Å². The second-order valence-corrected chi connectivity index (χ2v) is 17.8. The molecular weight excluding hydrogens is 745 g/mol. The summed E-state index contributed by atoms with van der Waals surface area (Å²) in [6.45, 7) is 6.54. The third-order valence-electron chi connectivity index (χ3n) is 11.7. The van der Waals surface area contributed by atoms with Crippen LogP contribution in [0.5, 0.6) is 0 Å². The first kappa shape index (κ1) is 57.9. The lowest BCUT2D eigenvalue weighted by Crippen LogP contribution is -2.30. The number of rotatable bonds is 48. The smallest absolute Gasteiger partial charge is 0.306 e. The molecule has 0 aliphatic rings. The monoisotopic (exact) mass is 845 g/mol. The molecule has 6 heteroatoms. The molecule has 352 valence electrons. The number of esters is 3. The van der Waals surface area contributed by atoms with Crippen molar-refractivity contribution in [2.24, 2.45) is 0 Å². The molecule has 0 saturated carbocycles. The molecule has 0 aliphatic carbocycles. The van der Waals surface area contributed by atoms with Crippen LogP contribution in [0.4, 0.5) is 0 Å². The summed E-state index contributed by atoms with van der Waals surface area (Å²) < 4.78 is 16.8. The number of hydrogen-bond acceptors (Lipinski definition) is 6. The van der Waals surface area contributed by atoms with Crippen LogP contribution in [0.15, 0.2) is 24.3 Å². The van der Waals surface area contributed by atoms with Crippen molar-refractivity contribution in [3.63, 3.8) is 0 Å². The lowest BCUT2D eigenvalue weighted by atomic mass is 10.0. The molecule has 0 saturated heterocycles.